The van der Waals surface area contributed by atoms with Crippen LogP contribution in [-0.2, 0) is 6.54 Å². The number of ether oxygens (including phenoxy) is 2. The third-order valence-electron chi connectivity index (χ3n) is 8.77. The Kier molecular flexibility index (Phi) is 7.38. The van der Waals surface area contributed by atoms with Crippen LogP contribution in [0.25, 0.3) is 0 Å². The zero-order valence-electron chi connectivity index (χ0n) is 22.1. The summed E-state index contributed by atoms with van der Waals surface area (Å²) in [5.74, 6) is 2.26. The summed E-state index contributed by atoms with van der Waals surface area (Å²) < 4.78 is 11.1. The second kappa shape index (κ2) is 10.5. The van der Waals surface area contributed by atoms with Crippen molar-refractivity contribution in [2.75, 3.05) is 46.9 Å². The molecule has 2 aliphatic heterocycles. The van der Waals surface area contributed by atoms with Gasteiger partial charge in [0.05, 0.1) is 14.2 Å². The number of rotatable bonds is 7. The van der Waals surface area contributed by atoms with E-state index in [9.17, 15) is 0 Å². The molecule has 5 heteroatoms. The van der Waals surface area contributed by atoms with E-state index >= 15 is 0 Å². The number of piperazine rings is 1. The number of piperidine rings is 1. The molecule has 0 amide bonds. The van der Waals surface area contributed by atoms with Crippen LogP contribution in [0.15, 0.2) is 42.5 Å². The van der Waals surface area contributed by atoms with Gasteiger partial charge in [0.25, 0.3) is 0 Å². The first kappa shape index (κ1) is 24.6. The van der Waals surface area contributed by atoms with Gasteiger partial charge in [-0.2, -0.15) is 0 Å². The lowest BCUT2D eigenvalue weighted by Crippen LogP contribution is -2.59. The van der Waals surface area contributed by atoms with Crippen molar-refractivity contribution in [3.63, 3.8) is 0 Å². The molecule has 1 atom stereocenters. The topological polar surface area (TPSA) is 37.0 Å². The van der Waals surface area contributed by atoms with E-state index in [0.29, 0.717) is 17.4 Å². The number of nitrogens with one attached hydrogen (secondary N) is 1. The van der Waals surface area contributed by atoms with E-state index in [1.54, 1.807) is 14.2 Å². The first-order chi connectivity index (χ1) is 17.0. The summed E-state index contributed by atoms with van der Waals surface area (Å²) >= 11 is 0. The van der Waals surface area contributed by atoms with E-state index in [1.165, 1.54) is 55.5 Å². The van der Waals surface area contributed by atoms with E-state index in [0.717, 1.165) is 43.7 Å². The van der Waals surface area contributed by atoms with Crippen LogP contribution >= 0.6 is 0 Å². The van der Waals surface area contributed by atoms with Crippen LogP contribution in [0, 0.1) is 5.41 Å². The highest BCUT2D eigenvalue weighted by molar-refractivity contribution is 5.39. The highest BCUT2D eigenvalue weighted by Gasteiger charge is 2.49. The summed E-state index contributed by atoms with van der Waals surface area (Å²) in [5, 5.41) is 3.56. The fraction of sp³-hybridized carbons (Fsp3) is 0.600. The molecule has 35 heavy (non-hydrogen) atoms. The second-order valence-electron chi connectivity index (χ2n) is 11.3. The van der Waals surface area contributed by atoms with Crippen LogP contribution in [0.1, 0.15) is 68.2 Å². The Morgan fingerprint density at radius 2 is 1.66 bits per heavy atom. The van der Waals surface area contributed by atoms with Gasteiger partial charge in [0.2, 0.25) is 0 Å². The molecule has 2 aromatic rings. The van der Waals surface area contributed by atoms with Crippen LogP contribution in [0.3, 0.4) is 0 Å². The smallest absolute Gasteiger partial charge is 0.122 e. The molecule has 1 spiro atoms. The summed E-state index contributed by atoms with van der Waals surface area (Å²) in [5.41, 5.74) is 4.89. The molecule has 5 nitrogen and oxygen atoms in total. The van der Waals surface area contributed by atoms with Gasteiger partial charge in [-0.15, -0.1) is 0 Å². The van der Waals surface area contributed by atoms with Crippen LogP contribution in [0.4, 0.5) is 0 Å². The summed E-state index contributed by atoms with van der Waals surface area (Å²) in [4.78, 5) is 5.50. The molecule has 1 aliphatic carbocycles. The lowest BCUT2D eigenvalue weighted by molar-refractivity contribution is -0.0650. The molecule has 2 aromatic carbocycles. The van der Waals surface area contributed by atoms with Crippen LogP contribution < -0.4 is 14.8 Å². The number of nitrogens with zero attached hydrogens (tertiary/aromatic N) is 2. The Morgan fingerprint density at radius 1 is 0.971 bits per heavy atom. The van der Waals surface area contributed by atoms with Crippen molar-refractivity contribution in [2.24, 2.45) is 5.41 Å². The van der Waals surface area contributed by atoms with Crippen molar-refractivity contribution in [1.29, 1.82) is 0 Å². The van der Waals surface area contributed by atoms with Gasteiger partial charge < -0.3 is 14.8 Å². The van der Waals surface area contributed by atoms with Gasteiger partial charge in [-0.1, -0.05) is 38.1 Å². The number of benzene rings is 2. The summed E-state index contributed by atoms with van der Waals surface area (Å²) in [6, 6.07) is 16.6. The maximum Gasteiger partial charge on any atom is 0.122 e. The lowest BCUT2D eigenvalue weighted by Gasteiger charge is -2.57. The third kappa shape index (κ3) is 5.23. The quantitative estimate of drug-likeness (QED) is 0.592. The highest BCUT2D eigenvalue weighted by atomic mass is 16.5. The molecule has 0 aromatic heterocycles. The van der Waals surface area contributed by atoms with Gasteiger partial charge in [0.1, 0.15) is 11.5 Å². The normalized spacial score (nSPS) is 23.4. The van der Waals surface area contributed by atoms with Gasteiger partial charge in [-0.25, -0.2) is 0 Å². The summed E-state index contributed by atoms with van der Waals surface area (Å²) in [6.45, 7) is 11.3. The van der Waals surface area contributed by atoms with Crippen molar-refractivity contribution < 1.29 is 9.47 Å². The number of hydrogen-bond acceptors (Lipinski definition) is 5. The Labute approximate surface area is 211 Å². The van der Waals surface area contributed by atoms with Crippen molar-refractivity contribution >= 4 is 0 Å². The molecule has 3 aliphatic rings. The predicted octanol–water partition coefficient (Wildman–Crippen LogP) is 5.22. The minimum Gasteiger partial charge on any atom is -0.497 e. The van der Waals surface area contributed by atoms with Gasteiger partial charge >= 0.3 is 0 Å². The fourth-order valence-corrected chi connectivity index (χ4v) is 6.81. The van der Waals surface area contributed by atoms with Crippen molar-refractivity contribution in [3.8, 4) is 11.5 Å². The molecule has 3 fully saturated rings. The Bertz CT molecular complexity index is 971. The molecule has 0 bridgehead atoms. The molecule has 2 heterocycles. The molecular weight excluding hydrogens is 434 g/mol. The van der Waals surface area contributed by atoms with E-state index in [4.69, 9.17) is 9.47 Å². The van der Waals surface area contributed by atoms with Crippen molar-refractivity contribution in [3.05, 3.63) is 59.2 Å². The molecule has 1 unspecified atom stereocenters. The molecule has 1 N–H and O–H groups in total. The van der Waals surface area contributed by atoms with Crippen LogP contribution in [0.2, 0.25) is 0 Å². The largest absolute Gasteiger partial charge is 0.497 e. The standard InChI is InChI=1S/C30H43N3O2/c1-22(2)27-7-5-6-8-28(27)29-21-32(20-23-15-25(34-3)17-26(16-23)35-4)13-14-33(29)24-18-30(19-24)9-11-31-12-10-30/h5-8,15-17,22,24,29,31H,9-14,18-21H2,1-4H3. The average Bonchev–Trinajstić information content (AvgIpc) is 2.87. The Morgan fingerprint density at radius 3 is 2.31 bits per heavy atom. The first-order valence-electron chi connectivity index (χ1n) is 13.5. The number of hydrogen-bond donors (Lipinski definition) is 1. The monoisotopic (exact) mass is 477 g/mol. The second-order valence-corrected chi connectivity index (χ2v) is 11.3. The van der Waals surface area contributed by atoms with Crippen molar-refractivity contribution in [2.45, 2.75) is 64.1 Å². The van der Waals surface area contributed by atoms with E-state index in [1.807, 2.05) is 6.07 Å². The zero-order chi connectivity index (χ0) is 24.4. The average molecular weight is 478 g/mol. The van der Waals surface area contributed by atoms with Gasteiger partial charge in [0.15, 0.2) is 0 Å². The fourth-order valence-electron chi connectivity index (χ4n) is 6.81. The van der Waals surface area contributed by atoms with Crippen LogP contribution in [0.5, 0.6) is 11.5 Å². The zero-order valence-corrected chi connectivity index (χ0v) is 22.1. The minimum absolute atomic E-state index is 0.443. The first-order valence-corrected chi connectivity index (χ1v) is 13.5. The van der Waals surface area contributed by atoms with E-state index < -0.39 is 0 Å². The predicted molar refractivity (Wildman–Crippen MR) is 142 cm³/mol. The third-order valence-corrected chi connectivity index (χ3v) is 8.77. The molecule has 190 valence electrons. The molecule has 0 radical (unpaired) electrons. The Balaban J connectivity index is 1.38. The Hall–Kier alpha value is -2.08. The minimum atomic E-state index is 0.443. The van der Waals surface area contributed by atoms with Gasteiger partial charge in [0, 0.05) is 44.3 Å². The van der Waals surface area contributed by atoms with E-state index in [-0.39, 0.29) is 0 Å². The maximum absolute atomic E-state index is 5.53. The number of methoxy groups -OCH3 is 2. The lowest BCUT2D eigenvalue weighted by atomic mass is 9.60. The summed E-state index contributed by atoms with van der Waals surface area (Å²) in [7, 11) is 3.45. The molecule has 2 saturated heterocycles. The maximum atomic E-state index is 5.53. The molecule has 1 saturated carbocycles. The molecular formula is C30H43N3O2. The highest BCUT2D eigenvalue weighted by Crippen LogP contribution is 2.52. The van der Waals surface area contributed by atoms with Gasteiger partial charge in [-0.05, 0) is 78.9 Å². The molecule has 5 rings (SSSR count). The SMILES string of the molecule is COc1cc(CN2CCN(C3CC4(CCNCC4)C3)C(c3ccccc3C(C)C)C2)cc(OC)c1. The summed E-state index contributed by atoms with van der Waals surface area (Å²) in [6.07, 6.45) is 5.47. The van der Waals surface area contributed by atoms with Crippen molar-refractivity contribution in [1.82, 2.24) is 15.1 Å². The van der Waals surface area contributed by atoms with Gasteiger partial charge in [-0.3, -0.25) is 9.80 Å². The van der Waals surface area contributed by atoms with E-state index in [2.05, 4.69) is 65.4 Å². The van der Waals surface area contributed by atoms with Crippen LogP contribution in [-0.4, -0.2) is 62.8 Å².